The summed E-state index contributed by atoms with van der Waals surface area (Å²) in [5, 5.41) is 9.82. The number of carbonyl (C=O) groups excluding carboxylic acids is 1. The lowest BCUT2D eigenvalue weighted by molar-refractivity contribution is -0.137. The van der Waals surface area contributed by atoms with Crippen LogP contribution in [-0.4, -0.2) is 42.5 Å². The summed E-state index contributed by atoms with van der Waals surface area (Å²) < 4.78 is 9.73. The quantitative estimate of drug-likeness (QED) is 0.648. The second-order valence-corrected chi connectivity index (χ2v) is 4.22. The van der Waals surface area contributed by atoms with Crippen molar-refractivity contribution in [3.63, 3.8) is 0 Å². The molecule has 1 saturated heterocycles. The molecular formula is C14H17NO4. The maximum absolute atomic E-state index is 11.3. The van der Waals surface area contributed by atoms with Gasteiger partial charge in [-0.25, -0.2) is 4.79 Å². The fraction of sp³-hybridized carbons (Fsp3) is 0.357. The number of methoxy groups -OCH3 is 1. The van der Waals surface area contributed by atoms with Crippen LogP contribution in [0.3, 0.4) is 0 Å². The van der Waals surface area contributed by atoms with Gasteiger partial charge in [-0.15, -0.1) is 0 Å². The topological polar surface area (TPSA) is 59.0 Å². The third-order valence-corrected chi connectivity index (χ3v) is 2.94. The van der Waals surface area contributed by atoms with Gasteiger partial charge in [-0.2, -0.15) is 0 Å². The molecule has 1 atom stereocenters. The lowest BCUT2D eigenvalue weighted by atomic mass is 10.2. The SMILES string of the molecule is COC(=O)/C=C1\C(O)OCCN1Cc1ccccc1. The zero-order valence-corrected chi connectivity index (χ0v) is 10.8. The van der Waals surface area contributed by atoms with Gasteiger partial charge in [0.2, 0.25) is 0 Å². The standard InChI is InChI=1S/C14H17NO4/c1-18-13(16)9-12-14(17)19-8-7-15(12)10-11-5-3-2-4-6-11/h2-6,9,14,17H,7-8,10H2,1H3/b12-9+. The molecule has 0 aromatic heterocycles. The predicted octanol–water partition coefficient (Wildman–Crippen LogP) is 0.894. The fourth-order valence-corrected chi connectivity index (χ4v) is 1.96. The Hall–Kier alpha value is -1.85. The van der Waals surface area contributed by atoms with Gasteiger partial charge in [-0.05, 0) is 5.56 Å². The molecule has 0 spiro atoms. The summed E-state index contributed by atoms with van der Waals surface area (Å²) in [5.41, 5.74) is 1.54. The van der Waals surface area contributed by atoms with Gasteiger partial charge >= 0.3 is 5.97 Å². The minimum absolute atomic E-state index is 0.423. The Morgan fingerprint density at radius 2 is 2.26 bits per heavy atom. The van der Waals surface area contributed by atoms with E-state index in [1.54, 1.807) is 0 Å². The van der Waals surface area contributed by atoms with Gasteiger partial charge in [0.15, 0.2) is 6.29 Å². The summed E-state index contributed by atoms with van der Waals surface area (Å²) in [6.45, 7) is 1.66. The Labute approximate surface area is 112 Å². The number of morpholine rings is 1. The molecule has 1 aromatic carbocycles. The molecular weight excluding hydrogens is 246 g/mol. The molecule has 5 heteroatoms. The maximum Gasteiger partial charge on any atom is 0.332 e. The van der Waals surface area contributed by atoms with E-state index < -0.39 is 12.3 Å². The van der Waals surface area contributed by atoms with E-state index in [1.165, 1.54) is 13.2 Å². The number of ether oxygens (including phenoxy) is 2. The molecule has 0 radical (unpaired) electrons. The predicted molar refractivity (Wildman–Crippen MR) is 68.9 cm³/mol. The van der Waals surface area contributed by atoms with Gasteiger partial charge in [0.1, 0.15) is 0 Å². The van der Waals surface area contributed by atoms with Crippen molar-refractivity contribution in [3.05, 3.63) is 47.7 Å². The van der Waals surface area contributed by atoms with Crippen molar-refractivity contribution >= 4 is 5.97 Å². The van der Waals surface area contributed by atoms with Gasteiger partial charge in [0, 0.05) is 19.2 Å². The van der Waals surface area contributed by atoms with E-state index in [4.69, 9.17) is 4.74 Å². The average Bonchev–Trinajstić information content (AvgIpc) is 2.43. The van der Waals surface area contributed by atoms with Crippen LogP contribution in [-0.2, 0) is 20.8 Å². The van der Waals surface area contributed by atoms with Crippen LogP contribution in [0.2, 0.25) is 0 Å². The normalized spacial score (nSPS) is 21.5. The molecule has 2 rings (SSSR count). The lowest BCUT2D eigenvalue weighted by Crippen LogP contribution is -2.40. The van der Waals surface area contributed by atoms with Crippen molar-refractivity contribution in [3.8, 4) is 0 Å². The number of esters is 1. The van der Waals surface area contributed by atoms with E-state index in [0.29, 0.717) is 25.4 Å². The van der Waals surface area contributed by atoms with Crippen molar-refractivity contribution in [2.24, 2.45) is 0 Å². The van der Waals surface area contributed by atoms with E-state index >= 15 is 0 Å². The molecule has 1 unspecified atom stereocenters. The van der Waals surface area contributed by atoms with Crippen LogP contribution in [0.5, 0.6) is 0 Å². The van der Waals surface area contributed by atoms with Gasteiger partial charge in [0.05, 0.1) is 19.4 Å². The van der Waals surface area contributed by atoms with E-state index in [-0.39, 0.29) is 0 Å². The third kappa shape index (κ3) is 3.56. The maximum atomic E-state index is 11.3. The zero-order chi connectivity index (χ0) is 13.7. The first-order valence-corrected chi connectivity index (χ1v) is 6.09. The monoisotopic (exact) mass is 263 g/mol. The van der Waals surface area contributed by atoms with Crippen molar-refractivity contribution in [2.75, 3.05) is 20.3 Å². The lowest BCUT2D eigenvalue weighted by Gasteiger charge is -2.34. The number of aliphatic hydroxyl groups is 1. The largest absolute Gasteiger partial charge is 0.466 e. The summed E-state index contributed by atoms with van der Waals surface area (Å²) in [6, 6.07) is 9.85. The Balaban J connectivity index is 2.16. The summed E-state index contributed by atoms with van der Waals surface area (Å²) in [6.07, 6.45) is 0.184. The van der Waals surface area contributed by atoms with Crippen LogP contribution >= 0.6 is 0 Å². The van der Waals surface area contributed by atoms with Crippen LogP contribution in [0.1, 0.15) is 5.56 Å². The molecule has 1 N–H and O–H groups in total. The van der Waals surface area contributed by atoms with Gasteiger partial charge in [-0.3, -0.25) is 0 Å². The van der Waals surface area contributed by atoms with Crippen molar-refractivity contribution < 1.29 is 19.4 Å². The smallest absolute Gasteiger partial charge is 0.332 e. The van der Waals surface area contributed by atoms with Crippen LogP contribution in [0, 0.1) is 0 Å². The highest BCUT2D eigenvalue weighted by molar-refractivity contribution is 5.82. The van der Waals surface area contributed by atoms with E-state index in [0.717, 1.165) is 5.56 Å². The molecule has 0 bridgehead atoms. The van der Waals surface area contributed by atoms with E-state index in [2.05, 4.69) is 4.74 Å². The molecule has 1 aliphatic rings. The summed E-state index contributed by atoms with van der Waals surface area (Å²) in [4.78, 5) is 13.2. The minimum Gasteiger partial charge on any atom is -0.466 e. The highest BCUT2D eigenvalue weighted by atomic mass is 16.6. The Morgan fingerprint density at radius 3 is 2.95 bits per heavy atom. The van der Waals surface area contributed by atoms with E-state index in [9.17, 15) is 9.90 Å². The Kier molecular flexibility index (Phi) is 4.54. The molecule has 1 aromatic rings. The molecule has 0 aliphatic carbocycles. The Bertz CT molecular complexity index is 458. The van der Waals surface area contributed by atoms with Gasteiger partial charge < -0.3 is 19.5 Å². The first-order chi connectivity index (χ1) is 9.20. The molecule has 0 saturated carbocycles. The van der Waals surface area contributed by atoms with Crippen molar-refractivity contribution in [1.82, 2.24) is 4.90 Å². The second kappa shape index (κ2) is 6.36. The number of benzene rings is 1. The number of nitrogens with zero attached hydrogens (tertiary/aromatic N) is 1. The molecule has 1 aliphatic heterocycles. The van der Waals surface area contributed by atoms with Crippen LogP contribution in [0.25, 0.3) is 0 Å². The molecule has 19 heavy (non-hydrogen) atoms. The number of aliphatic hydroxyl groups excluding tert-OH is 1. The third-order valence-electron chi connectivity index (χ3n) is 2.94. The number of hydrogen-bond acceptors (Lipinski definition) is 5. The van der Waals surface area contributed by atoms with Crippen LogP contribution < -0.4 is 0 Å². The summed E-state index contributed by atoms with van der Waals surface area (Å²) >= 11 is 0. The highest BCUT2D eigenvalue weighted by Crippen LogP contribution is 2.19. The minimum atomic E-state index is -1.09. The number of carbonyl (C=O) groups is 1. The van der Waals surface area contributed by atoms with Crippen molar-refractivity contribution in [2.45, 2.75) is 12.8 Å². The van der Waals surface area contributed by atoms with Gasteiger partial charge in [-0.1, -0.05) is 30.3 Å². The van der Waals surface area contributed by atoms with Crippen LogP contribution in [0.15, 0.2) is 42.1 Å². The average molecular weight is 263 g/mol. The summed E-state index contributed by atoms with van der Waals surface area (Å²) in [5.74, 6) is -0.502. The molecule has 5 nitrogen and oxygen atoms in total. The molecule has 1 fully saturated rings. The van der Waals surface area contributed by atoms with Crippen molar-refractivity contribution in [1.29, 1.82) is 0 Å². The van der Waals surface area contributed by atoms with E-state index in [1.807, 2.05) is 35.2 Å². The van der Waals surface area contributed by atoms with Gasteiger partial charge in [0.25, 0.3) is 0 Å². The molecule has 1 heterocycles. The Morgan fingerprint density at radius 1 is 1.53 bits per heavy atom. The number of hydrogen-bond donors (Lipinski definition) is 1. The number of rotatable bonds is 3. The molecule has 102 valence electrons. The van der Waals surface area contributed by atoms with Crippen LogP contribution in [0.4, 0.5) is 0 Å². The first kappa shape index (κ1) is 13.6. The highest BCUT2D eigenvalue weighted by Gasteiger charge is 2.25. The molecule has 0 amide bonds. The summed E-state index contributed by atoms with van der Waals surface area (Å²) in [7, 11) is 1.30. The zero-order valence-electron chi connectivity index (χ0n) is 10.8. The first-order valence-electron chi connectivity index (χ1n) is 6.09. The fourth-order valence-electron chi connectivity index (χ4n) is 1.96. The second-order valence-electron chi connectivity index (χ2n) is 4.22.